The molecule has 2 rings (SSSR count). The second kappa shape index (κ2) is 8.45. The van der Waals surface area contributed by atoms with Crippen LogP contribution >= 0.6 is 0 Å². The third kappa shape index (κ3) is 4.80. The number of piperidine rings is 1. The maximum atomic E-state index is 12.3. The smallest absolute Gasteiger partial charge is 0.235 e. The van der Waals surface area contributed by atoms with Gasteiger partial charge < -0.3 is 10.4 Å². The standard InChI is InChI=1S/C18H29N5O2/c1-14(2)18(3,13-19)21-17(25)12-22-8-5-15(6-9-22)16-4-7-20-23(16)10-11-24/h4,7,14-15,24H,5-6,8-12H2,1-3H3,(H,21,25). The van der Waals surface area contributed by atoms with Crippen LogP contribution in [0.3, 0.4) is 0 Å². The first-order chi connectivity index (χ1) is 11.9. The van der Waals surface area contributed by atoms with Crippen LogP contribution in [0.5, 0.6) is 0 Å². The maximum Gasteiger partial charge on any atom is 0.235 e. The van der Waals surface area contributed by atoms with Gasteiger partial charge in [-0.05, 0) is 44.8 Å². The third-order valence-electron chi connectivity index (χ3n) is 5.22. The molecule has 1 unspecified atom stereocenters. The fourth-order valence-corrected chi connectivity index (χ4v) is 3.19. The lowest BCUT2D eigenvalue weighted by molar-refractivity contribution is -0.124. The van der Waals surface area contributed by atoms with Crippen LogP contribution in [0.1, 0.15) is 45.2 Å². The Bertz CT molecular complexity index is 613. The van der Waals surface area contributed by atoms with E-state index < -0.39 is 5.54 Å². The molecular weight excluding hydrogens is 318 g/mol. The zero-order valence-electron chi connectivity index (χ0n) is 15.4. The number of carbonyl (C=O) groups is 1. The van der Waals surface area contributed by atoms with Crippen molar-refractivity contribution in [1.29, 1.82) is 5.26 Å². The highest BCUT2D eigenvalue weighted by Crippen LogP contribution is 2.27. The minimum Gasteiger partial charge on any atom is -0.394 e. The van der Waals surface area contributed by atoms with Gasteiger partial charge in [-0.3, -0.25) is 14.4 Å². The molecule has 0 bridgehead atoms. The largest absolute Gasteiger partial charge is 0.394 e. The number of carbonyl (C=O) groups excluding carboxylic acids is 1. The van der Waals surface area contributed by atoms with Crippen molar-refractivity contribution in [3.8, 4) is 6.07 Å². The van der Waals surface area contributed by atoms with Gasteiger partial charge in [0, 0.05) is 17.8 Å². The second-order valence-electron chi connectivity index (χ2n) is 7.27. The van der Waals surface area contributed by atoms with Crippen molar-refractivity contribution >= 4 is 5.91 Å². The molecule has 0 aliphatic carbocycles. The Morgan fingerprint density at radius 3 is 2.76 bits per heavy atom. The molecule has 1 amide bonds. The van der Waals surface area contributed by atoms with Crippen LogP contribution in [-0.4, -0.2) is 57.5 Å². The summed E-state index contributed by atoms with van der Waals surface area (Å²) < 4.78 is 1.87. The normalized spacial score (nSPS) is 18.7. The molecule has 1 aromatic heterocycles. The first-order valence-electron chi connectivity index (χ1n) is 8.96. The number of likely N-dealkylation sites (tertiary alicyclic amines) is 1. The molecule has 1 aliphatic rings. The Morgan fingerprint density at radius 2 is 2.20 bits per heavy atom. The summed E-state index contributed by atoms with van der Waals surface area (Å²) in [6, 6.07) is 4.23. The Balaban J connectivity index is 1.85. The zero-order valence-corrected chi connectivity index (χ0v) is 15.4. The second-order valence-corrected chi connectivity index (χ2v) is 7.27. The summed E-state index contributed by atoms with van der Waals surface area (Å²) in [5, 5.41) is 25.6. The van der Waals surface area contributed by atoms with Crippen molar-refractivity contribution in [1.82, 2.24) is 20.0 Å². The van der Waals surface area contributed by atoms with Gasteiger partial charge in [0.05, 0.1) is 25.8 Å². The van der Waals surface area contributed by atoms with E-state index in [1.807, 2.05) is 24.6 Å². The Hall–Kier alpha value is -1.91. The van der Waals surface area contributed by atoms with Crippen molar-refractivity contribution in [3.05, 3.63) is 18.0 Å². The molecule has 7 heteroatoms. The van der Waals surface area contributed by atoms with Crippen molar-refractivity contribution in [2.45, 2.75) is 51.6 Å². The Morgan fingerprint density at radius 1 is 1.52 bits per heavy atom. The molecule has 7 nitrogen and oxygen atoms in total. The van der Waals surface area contributed by atoms with Crippen molar-refractivity contribution in [2.24, 2.45) is 5.92 Å². The Labute approximate surface area is 149 Å². The fraction of sp³-hybridized carbons (Fsp3) is 0.722. The molecule has 1 aliphatic heterocycles. The van der Waals surface area contributed by atoms with Gasteiger partial charge in [0.1, 0.15) is 5.54 Å². The van der Waals surface area contributed by atoms with Crippen molar-refractivity contribution < 1.29 is 9.90 Å². The SMILES string of the molecule is CC(C)C(C)(C#N)NC(=O)CN1CCC(c2ccnn2CCO)CC1. The lowest BCUT2D eigenvalue weighted by Gasteiger charge is -2.33. The van der Waals surface area contributed by atoms with Gasteiger partial charge in [0.25, 0.3) is 0 Å². The summed E-state index contributed by atoms with van der Waals surface area (Å²) in [5.74, 6) is 0.369. The molecule has 1 fully saturated rings. The number of aliphatic hydroxyl groups excluding tert-OH is 1. The molecule has 0 saturated carbocycles. The monoisotopic (exact) mass is 347 g/mol. The number of nitrogens with zero attached hydrogens (tertiary/aromatic N) is 4. The van der Waals surface area contributed by atoms with Gasteiger partial charge in [0.2, 0.25) is 5.91 Å². The van der Waals surface area contributed by atoms with Crippen LogP contribution in [0.2, 0.25) is 0 Å². The van der Waals surface area contributed by atoms with E-state index in [9.17, 15) is 10.1 Å². The van der Waals surface area contributed by atoms with Crippen LogP contribution < -0.4 is 5.32 Å². The van der Waals surface area contributed by atoms with Crippen LogP contribution in [0.25, 0.3) is 0 Å². The topological polar surface area (TPSA) is 94.2 Å². The summed E-state index contributed by atoms with van der Waals surface area (Å²) in [7, 11) is 0. The third-order valence-corrected chi connectivity index (χ3v) is 5.22. The molecule has 0 spiro atoms. The van der Waals surface area contributed by atoms with Crippen LogP contribution in [0.15, 0.2) is 12.3 Å². The number of hydrogen-bond donors (Lipinski definition) is 2. The minimum absolute atomic E-state index is 0.0546. The number of amides is 1. The Kier molecular flexibility index (Phi) is 6.57. The predicted molar refractivity (Wildman–Crippen MR) is 94.7 cm³/mol. The first-order valence-corrected chi connectivity index (χ1v) is 8.96. The molecule has 0 radical (unpaired) electrons. The summed E-state index contributed by atoms with van der Waals surface area (Å²) >= 11 is 0. The lowest BCUT2D eigenvalue weighted by atomic mass is 9.90. The quantitative estimate of drug-likeness (QED) is 0.770. The van der Waals surface area contributed by atoms with Gasteiger partial charge in [-0.1, -0.05) is 13.8 Å². The van der Waals surface area contributed by atoms with E-state index in [1.165, 1.54) is 0 Å². The highest BCUT2D eigenvalue weighted by molar-refractivity contribution is 5.79. The number of rotatable bonds is 7. The number of aromatic nitrogens is 2. The van der Waals surface area contributed by atoms with Crippen molar-refractivity contribution in [2.75, 3.05) is 26.2 Å². The van der Waals surface area contributed by atoms with E-state index in [-0.39, 0.29) is 18.4 Å². The van der Waals surface area contributed by atoms with Gasteiger partial charge >= 0.3 is 0 Å². The van der Waals surface area contributed by atoms with Crippen LogP contribution in [-0.2, 0) is 11.3 Å². The highest BCUT2D eigenvalue weighted by atomic mass is 16.3. The number of hydrogen-bond acceptors (Lipinski definition) is 5. The molecule has 1 aromatic rings. The van der Waals surface area contributed by atoms with Gasteiger partial charge in [-0.2, -0.15) is 10.4 Å². The first kappa shape index (κ1) is 19.4. The van der Waals surface area contributed by atoms with E-state index in [1.54, 1.807) is 13.1 Å². The van der Waals surface area contributed by atoms with E-state index in [4.69, 9.17) is 5.11 Å². The summed E-state index contributed by atoms with van der Waals surface area (Å²) in [6.07, 6.45) is 3.70. The molecule has 138 valence electrons. The molecule has 0 aromatic carbocycles. The van der Waals surface area contributed by atoms with Crippen LogP contribution in [0.4, 0.5) is 0 Å². The van der Waals surface area contributed by atoms with E-state index in [0.717, 1.165) is 31.6 Å². The summed E-state index contributed by atoms with van der Waals surface area (Å²) in [5.41, 5.74) is 0.335. The summed E-state index contributed by atoms with van der Waals surface area (Å²) in [4.78, 5) is 14.4. The maximum absolute atomic E-state index is 12.3. The van der Waals surface area contributed by atoms with E-state index >= 15 is 0 Å². The number of nitriles is 1. The predicted octanol–water partition coefficient (Wildman–Crippen LogP) is 1.11. The average molecular weight is 347 g/mol. The summed E-state index contributed by atoms with van der Waals surface area (Å²) in [6.45, 7) is 8.25. The van der Waals surface area contributed by atoms with E-state index in [0.29, 0.717) is 19.0 Å². The van der Waals surface area contributed by atoms with E-state index in [2.05, 4.69) is 21.4 Å². The molecular formula is C18H29N5O2. The van der Waals surface area contributed by atoms with Gasteiger partial charge in [-0.15, -0.1) is 0 Å². The average Bonchev–Trinajstić information content (AvgIpc) is 3.03. The van der Waals surface area contributed by atoms with Crippen LogP contribution in [0, 0.1) is 17.2 Å². The fourth-order valence-electron chi connectivity index (χ4n) is 3.19. The number of nitrogens with one attached hydrogen (secondary N) is 1. The highest BCUT2D eigenvalue weighted by Gasteiger charge is 2.31. The molecule has 1 saturated heterocycles. The van der Waals surface area contributed by atoms with Crippen molar-refractivity contribution in [3.63, 3.8) is 0 Å². The molecule has 2 heterocycles. The molecule has 1 atom stereocenters. The number of aliphatic hydroxyl groups is 1. The zero-order chi connectivity index (χ0) is 18.4. The van der Waals surface area contributed by atoms with Gasteiger partial charge in [0.15, 0.2) is 0 Å². The lowest BCUT2D eigenvalue weighted by Crippen LogP contribution is -2.52. The molecule has 25 heavy (non-hydrogen) atoms. The minimum atomic E-state index is -0.827. The molecule has 2 N–H and O–H groups in total. The van der Waals surface area contributed by atoms with Gasteiger partial charge in [-0.25, -0.2) is 0 Å².